The molecule has 180 valence electrons. The van der Waals surface area contributed by atoms with Crippen molar-refractivity contribution < 1.29 is 18.7 Å². The van der Waals surface area contributed by atoms with Crippen LogP contribution in [0.1, 0.15) is 15.9 Å². The van der Waals surface area contributed by atoms with Gasteiger partial charge in [-0.2, -0.15) is 0 Å². The summed E-state index contributed by atoms with van der Waals surface area (Å²) in [5, 5.41) is 2.59. The summed E-state index contributed by atoms with van der Waals surface area (Å²) in [6.45, 7) is -0.248. The SMILES string of the molecule is O=C(COc1ccc2oc3ccccc3c2c1)NNC(=O)c1ccc(CSc2ccc(Cl)cc2)cc1. The minimum absolute atomic E-state index is 0.248. The van der Waals surface area contributed by atoms with E-state index in [9.17, 15) is 9.59 Å². The van der Waals surface area contributed by atoms with Crippen molar-refractivity contribution in [3.63, 3.8) is 0 Å². The summed E-state index contributed by atoms with van der Waals surface area (Å²) in [5.41, 5.74) is 7.85. The highest BCUT2D eigenvalue weighted by molar-refractivity contribution is 7.98. The molecule has 0 aliphatic rings. The number of rotatable bonds is 7. The van der Waals surface area contributed by atoms with Gasteiger partial charge in [0.15, 0.2) is 6.61 Å². The lowest BCUT2D eigenvalue weighted by Crippen LogP contribution is -2.43. The van der Waals surface area contributed by atoms with Gasteiger partial charge in [-0.1, -0.05) is 41.9 Å². The molecule has 0 aliphatic heterocycles. The van der Waals surface area contributed by atoms with E-state index < -0.39 is 11.8 Å². The number of carbonyl (C=O) groups is 2. The minimum Gasteiger partial charge on any atom is -0.484 e. The predicted molar refractivity (Wildman–Crippen MR) is 142 cm³/mol. The van der Waals surface area contributed by atoms with Crippen LogP contribution in [0.4, 0.5) is 0 Å². The number of thioether (sulfide) groups is 1. The van der Waals surface area contributed by atoms with Crippen LogP contribution >= 0.6 is 23.4 Å². The van der Waals surface area contributed by atoms with Crippen molar-refractivity contribution in [2.45, 2.75) is 10.6 Å². The van der Waals surface area contributed by atoms with Crippen molar-refractivity contribution >= 4 is 57.1 Å². The molecule has 0 aliphatic carbocycles. The average molecular weight is 517 g/mol. The number of para-hydroxylation sites is 1. The molecule has 6 nitrogen and oxygen atoms in total. The van der Waals surface area contributed by atoms with Gasteiger partial charge in [0.2, 0.25) is 0 Å². The molecule has 2 amide bonds. The number of amides is 2. The molecule has 0 bridgehead atoms. The Morgan fingerprint density at radius 3 is 2.39 bits per heavy atom. The number of hydrazine groups is 1. The van der Waals surface area contributed by atoms with E-state index in [1.165, 1.54) is 0 Å². The molecule has 1 aromatic heterocycles. The molecular weight excluding hydrogens is 496 g/mol. The largest absolute Gasteiger partial charge is 0.484 e. The van der Waals surface area contributed by atoms with Gasteiger partial charge < -0.3 is 9.15 Å². The zero-order valence-corrected chi connectivity index (χ0v) is 20.6. The molecule has 0 spiro atoms. The van der Waals surface area contributed by atoms with E-state index in [1.807, 2.05) is 72.8 Å². The molecule has 0 unspecified atom stereocenters. The highest BCUT2D eigenvalue weighted by atomic mass is 35.5. The van der Waals surface area contributed by atoms with Crippen molar-refractivity contribution in [3.8, 4) is 5.75 Å². The van der Waals surface area contributed by atoms with E-state index in [-0.39, 0.29) is 6.61 Å². The Morgan fingerprint density at radius 1 is 0.833 bits per heavy atom. The molecule has 0 radical (unpaired) electrons. The fraction of sp³-hybridized carbons (Fsp3) is 0.0714. The van der Waals surface area contributed by atoms with E-state index in [4.69, 9.17) is 20.8 Å². The van der Waals surface area contributed by atoms with E-state index >= 15 is 0 Å². The number of hydrogen-bond acceptors (Lipinski definition) is 5. The first kappa shape index (κ1) is 23.8. The zero-order chi connectivity index (χ0) is 24.9. The van der Waals surface area contributed by atoms with E-state index in [0.717, 1.165) is 38.2 Å². The molecule has 0 atom stereocenters. The monoisotopic (exact) mass is 516 g/mol. The third kappa shape index (κ3) is 5.64. The second kappa shape index (κ2) is 10.8. The molecule has 36 heavy (non-hydrogen) atoms. The molecule has 0 saturated carbocycles. The molecule has 8 heteroatoms. The maximum atomic E-state index is 12.4. The smallest absolute Gasteiger partial charge is 0.276 e. The Kier molecular flexibility index (Phi) is 7.11. The van der Waals surface area contributed by atoms with Gasteiger partial charge in [-0.15, -0.1) is 11.8 Å². The number of hydrogen-bond donors (Lipinski definition) is 2. The first-order valence-electron chi connectivity index (χ1n) is 11.2. The number of ether oxygens (including phenoxy) is 1. The third-order valence-electron chi connectivity index (χ3n) is 5.47. The van der Waals surface area contributed by atoms with Crippen LogP contribution in [-0.4, -0.2) is 18.4 Å². The summed E-state index contributed by atoms with van der Waals surface area (Å²) >= 11 is 7.60. The van der Waals surface area contributed by atoms with Crippen LogP contribution in [0.3, 0.4) is 0 Å². The number of furan rings is 1. The highest BCUT2D eigenvalue weighted by Crippen LogP contribution is 2.31. The lowest BCUT2D eigenvalue weighted by molar-refractivity contribution is -0.123. The first-order chi connectivity index (χ1) is 17.5. The van der Waals surface area contributed by atoms with Crippen LogP contribution in [0.2, 0.25) is 5.02 Å². The van der Waals surface area contributed by atoms with Crippen molar-refractivity contribution in [3.05, 3.63) is 107 Å². The summed E-state index contributed by atoms with van der Waals surface area (Å²) < 4.78 is 11.4. The Labute approximate surface area is 216 Å². The van der Waals surface area contributed by atoms with Gasteiger partial charge in [0.25, 0.3) is 11.8 Å². The fourth-order valence-corrected chi connectivity index (χ4v) is 4.61. The fourth-order valence-electron chi connectivity index (χ4n) is 3.63. The van der Waals surface area contributed by atoms with Crippen LogP contribution in [0.15, 0.2) is 100 Å². The van der Waals surface area contributed by atoms with Gasteiger partial charge in [0.1, 0.15) is 16.9 Å². The van der Waals surface area contributed by atoms with Crippen molar-refractivity contribution in [2.75, 3.05) is 6.61 Å². The highest BCUT2D eigenvalue weighted by Gasteiger charge is 2.10. The van der Waals surface area contributed by atoms with Gasteiger partial charge in [0.05, 0.1) is 0 Å². The van der Waals surface area contributed by atoms with Crippen molar-refractivity contribution in [1.82, 2.24) is 10.9 Å². The van der Waals surface area contributed by atoms with E-state index in [2.05, 4.69) is 10.9 Å². The van der Waals surface area contributed by atoms with Crippen LogP contribution in [-0.2, 0) is 10.5 Å². The average Bonchev–Trinajstić information content (AvgIpc) is 3.28. The van der Waals surface area contributed by atoms with E-state index in [0.29, 0.717) is 16.3 Å². The number of fused-ring (bicyclic) bond motifs is 3. The standard InChI is InChI=1S/C28H21ClN2O4S/c29-20-9-12-22(13-10-20)36-17-18-5-7-19(8-6-18)28(33)31-30-27(32)16-34-21-11-14-26-24(15-21)23-3-1-2-4-25(23)35-26/h1-15H,16-17H2,(H,30,32)(H,31,33). The Hall–Kier alpha value is -3.94. The van der Waals surface area contributed by atoms with Gasteiger partial charge >= 0.3 is 0 Å². The van der Waals surface area contributed by atoms with Crippen molar-refractivity contribution in [2.24, 2.45) is 0 Å². The lowest BCUT2D eigenvalue weighted by atomic mass is 10.1. The molecule has 1 heterocycles. The van der Waals surface area contributed by atoms with Crippen LogP contribution in [0, 0.1) is 0 Å². The second-order valence-corrected chi connectivity index (χ2v) is 9.47. The maximum Gasteiger partial charge on any atom is 0.276 e. The van der Waals surface area contributed by atoms with Gasteiger partial charge in [-0.25, -0.2) is 0 Å². The van der Waals surface area contributed by atoms with Crippen LogP contribution < -0.4 is 15.6 Å². The number of carbonyl (C=O) groups excluding carboxylic acids is 2. The minimum atomic E-state index is -0.475. The first-order valence-corrected chi connectivity index (χ1v) is 12.5. The molecule has 4 aromatic carbocycles. The zero-order valence-electron chi connectivity index (χ0n) is 19.0. The molecule has 2 N–H and O–H groups in total. The molecule has 0 fully saturated rings. The van der Waals surface area contributed by atoms with Gasteiger partial charge in [-0.3, -0.25) is 20.4 Å². The Bertz CT molecular complexity index is 1530. The van der Waals surface area contributed by atoms with Gasteiger partial charge in [-0.05, 0) is 66.2 Å². The van der Waals surface area contributed by atoms with Gasteiger partial charge in [0, 0.05) is 32.0 Å². The summed E-state index contributed by atoms with van der Waals surface area (Å²) in [6, 6.07) is 28.0. The summed E-state index contributed by atoms with van der Waals surface area (Å²) in [7, 11) is 0. The maximum absolute atomic E-state index is 12.4. The Morgan fingerprint density at radius 2 is 1.58 bits per heavy atom. The summed E-state index contributed by atoms with van der Waals surface area (Å²) in [5.74, 6) is 0.406. The summed E-state index contributed by atoms with van der Waals surface area (Å²) in [6.07, 6.45) is 0. The van der Waals surface area contributed by atoms with E-state index in [1.54, 1.807) is 30.0 Å². The topological polar surface area (TPSA) is 80.6 Å². The molecule has 5 rings (SSSR count). The lowest BCUT2D eigenvalue weighted by Gasteiger charge is -2.09. The normalized spacial score (nSPS) is 10.9. The van der Waals surface area contributed by atoms with Crippen LogP contribution in [0.5, 0.6) is 5.75 Å². The molecule has 5 aromatic rings. The number of benzene rings is 4. The predicted octanol–water partition coefficient (Wildman–Crippen LogP) is 6.37. The van der Waals surface area contributed by atoms with Crippen molar-refractivity contribution in [1.29, 1.82) is 0 Å². The third-order valence-corrected chi connectivity index (χ3v) is 6.80. The Balaban J connectivity index is 1.10. The molecular formula is C28H21ClN2O4S. The summed E-state index contributed by atoms with van der Waals surface area (Å²) in [4.78, 5) is 25.7. The second-order valence-electron chi connectivity index (χ2n) is 7.99. The van der Waals surface area contributed by atoms with Crippen LogP contribution in [0.25, 0.3) is 21.9 Å². The molecule has 0 saturated heterocycles. The number of nitrogens with one attached hydrogen (secondary N) is 2. The quantitative estimate of drug-likeness (QED) is 0.194. The number of halogens is 1.